The van der Waals surface area contributed by atoms with Crippen molar-refractivity contribution in [1.82, 2.24) is 9.71 Å². The van der Waals surface area contributed by atoms with Gasteiger partial charge in [-0.15, -0.1) is 11.3 Å². The number of hydrogen-bond donors (Lipinski definition) is 2. The normalized spacial score (nSPS) is 11.4. The Morgan fingerprint density at radius 3 is 2.75 bits per heavy atom. The van der Waals surface area contributed by atoms with Gasteiger partial charge in [-0.3, -0.25) is 15.1 Å². The molecule has 0 bridgehead atoms. The van der Waals surface area contributed by atoms with E-state index in [1.54, 1.807) is 11.7 Å². The van der Waals surface area contributed by atoms with Crippen LogP contribution in [0.5, 0.6) is 0 Å². The van der Waals surface area contributed by atoms with Gasteiger partial charge in [0.15, 0.2) is 5.00 Å². The van der Waals surface area contributed by atoms with E-state index in [1.807, 2.05) is 0 Å². The fourth-order valence-electron chi connectivity index (χ4n) is 1.37. The Labute approximate surface area is 122 Å². The number of aromatic nitrogens is 1. The zero-order valence-electron chi connectivity index (χ0n) is 10.2. The van der Waals surface area contributed by atoms with Crippen molar-refractivity contribution in [1.29, 1.82) is 0 Å². The lowest BCUT2D eigenvalue weighted by atomic mass is 10.5. The quantitative estimate of drug-likeness (QED) is 0.613. The Balaban J connectivity index is 2.23. The van der Waals surface area contributed by atoms with E-state index in [0.29, 0.717) is 0 Å². The number of thiazole rings is 1. The molecule has 0 atom stereocenters. The summed E-state index contributed by atoms with van der Waals surface area (Å²) >= 11 is 2.14. The fourth-order valence-corrected chi connectivity index (χ4v) is 4.33. The third-order valence-corrected chi connectivity index (χ3v) is 6.09. The molecule has 2 rings (SSSR count). The Hall–Kier alpha value is -1.56. The maximum Gasteiger partial charge on any atom is 0.304 e. The molecule has 0 amide bonds. The molecule has 0 spiro atoms. The molecule has 2 N–H and O–H groups in total. The summed E-state index contributed by atoms with van der Waals surface area (Å²) in [6.45, 7) is 0.105. The Morgan fingerprint density at radius 1 is 1.50 bits per heavy atom. The summed E-state index contributed by atoms with van der Waals surface area (Å²) in [6.07, 6.45) is 1.56. The lowest BCUT2D eigenvalue weighted by Gasteiger charge is -2.01. The molecular weight excluding hydrogens is 324 g/mol. The first kappa shape index (κ1) is 14.8. The molecule has 0 fully saturated rings. The summed E-state index contributed by atoms with van der Waals surface area (Å²) in [6, 6.07) is 1.05. The molecule has 2 aromatic heterocycles. The molecule has 0 aliphatic carbocycles. The first-order valence-corrected chi connectivity index (χ1v) is 8.45. The van der Waals surface area contributed by atoms with Crippen molar-refractivity contribution in [2.24, 2.45) is 0 Å². The van der Waals surface area contributed by atoms with Crippen LogP contribution >= 0.6 is 22.7 Å². The summed E-state index contributed by atoms with van der Waals surface area (Å²) in [5.41, 5.74) is 1.34. The van der Waals surface area contributed by atoms with Crippen molar-refractivity contribution < 1.29 is 13.3 Å². The van der Waals surface area contributed by atoms with Crippen LogP contribution in [0.1, 0.15) is 4.88 Å². The zero-order valence-corrected chi connectivity index (χ0v) is 12.6. The van der Waals surface area contributed by atoms with E-state index in [0.717, 1.165) is 22.3 Å². The van der Waals surface area contributed by atoms with E-state index in [2.05, 4.69) is 15.0 Å². The van der Waals surface area contributed by atoms with E-state index in [4.69, 9.17) is 0 Å². The molecule has 0 radical (unpaired) electrons. The number of thiophene rings is 1. The molecular formula is C9H10N4O4S3. The zero-order chi connectivity index (χ0) is 14.8. The van der Waals surface area contributed by atoms with Crippen LogP contribution in [0.25, 0.3) is 0 Å². The lowest BCUT2D eigenvalue weighted by Crippen LogP contribution is -2.21. The average Bonchev–Trinajstić information content (AvgIpc) is 3.05. The van der Waals surface area contributed by atoms with E-state index >= 15 is 0 Å². The Morgan fingerprint density at radius 2 is 2.25 bits per heavy atom. The van der Waals surface area contributed by atoms with E-state index < -0.39 is 14.9 Å². The minimum atomic E-state index is -3.78. The minimum absolute atomic E-state index is 0.0990. The van der Waals surface area contributed by atoms with Gasteiger partial charge in [-0.1, -0.05) is 11.3 Å². The second-order valence-electron chi connectivity index (χ2n) is 3.58. The second-order valence-corrected chi connectivity index (χ2v) is 7.60. The molecule has 2 aromatic rings. The van der Waals surface area contributed by atoms with Crippen molar-refractivity contribution in [2.75, 3.05) is 12.4 Å². The van der Waals surface area contributed by atoms with Crippen LogP contribution in [0.15, 0.2) is 22.0 Å². The summed E-state index contributed by atoms with van der Waals surface area (Å²) in [5, 5.41) is 13.6. The molecule has 0 saturated carbocycles. The van der Waals surface area contributed by atoms with Gasteiger partial charge in [0.05, 0.1) is 10.4 Å². The maximum absolute atomic E-state index is 12.1. The van der Waals surface area contributed by atoms with E-state index in [1.165, 1.54) is 18.4 Å². The first-order chi connectivity index (χ1) is 9.44. The molecule has 0 aliphatic rings. The SMILES string of the molecule is CNc1sc(S(=O)(=O)NCc2cncs2)cc1[N+](=O)[O-]. The Kier molecular flexibility index (Phi) is 4.32. The summed E-state index contributed by atoms with van der Waals surface area (Å²) in [4.78, 5) is 14.8. The molecule has 0 unspecified atom stereocenters. The fraction of sp³-hybridized carbons (Fsp3) is 0.222. The molecule has 8 nitrogen and oxygen atoms in total. The number of nitrogens with one attached hydrogen (secondary N) is 2. The topological polar surface area (TPSA) is 114 Å². The van der Waals surface area contributed by atoms with Gasteiger partial charge in [-0.05, 0) is 0 Å². The third-order valence-electron chi connectivity index (χ3n) is 2.30. The van der Waals surface area contributed by atoms with Crippen molar-refractivity contribution in [2.45, 2.75) is 10.8 Å². The van der Waals surface area contributed by atoms with Crippen LogP contribution in [0.2, 0.25) is 0 Å². The first-order valence-electron chi connectivity index (χ1n) is 5.27. The van der Waals surface area contributed by atoms with Crippen LogP contribution in [-0.2, 0) is 16.6 Å². The average molecular weight is 334 g/mol. The standard InChI is InChI=1S/C9H10N4O4S3/c1-10-9-7(13(14)15)2-8(19-9)20(16,17)12-4-6-3-11-5-18-6/h2-3,5,10,12H,4H2,1H3. The summed E-state index contributed by atoms with van der Waals surface area (Å²) in [7, 11) is -2.28. The highest BCUT2D eigenvalue weighted by Gasteiger charge is 2.25. The number of rotatable bonds is 6. The van der Waals surface area contributed by atoms with Crippen molar-refractivity contribution in [3.8, 4) is 0 Å². The van der Waals surface area contributed by atoms with Gasteiger partial charge in [0, 0.05) is 30.7 Å². The predicted octanol–water partition coefficient (Wildman–Crippen LogP) is 1.63. The van der Waals surface area contributed by atoms with Crippen LogP contribution in [0.4, 0.5) is 10.7 Å². The predicted molar refractivity (Wildman–Crippen MR) is 76.7 cm³/mol. The van der Waals surface area contributed by atoms with Gasteiger partial charge in [0.1, 0.15) is 4.21 Å². The van der Waals surface area contributed by atoms with Crippen molar-refractivity contribution in [3.05, 3.63) is 32.8 Å². The number of anilines is 1. The van der Waals surface area contributed by atoms with Gasteiger partial charge in [0.25, 0.3) is 10.0 Å². The molecule has 2 heterocycles. The smallest absolute Gasteiger partial charge is 0.304 e. The van der Waals surface area contributed by atoms with Crippen LogP contribution in [-0.4, -0.2) is 25.4 Å². The van der Waals surface area contributed by atoms with Crippen LogP contribution < -0.4 is 10.0 Å². The largest absolute Gasteiger partial charge is 0.374 e. The summed E-state index contributed by atoms with van der Waals surface area (Å²) < 4.78 is 26.4. The third kappa shape index (κ3) is 3.12. The van der Waals surface area contributed by atoms with Crippen LogP contribution in [0.3, 0.4) is 0 Å². The maximum atomic E-state index is 12.1. The van der Waals surface area contributed by atoms with Gasteiger partial charge in [-0.2, -0.15) is 0 Å². The highest BCUT2D eigenvalue weighted by atomic mass is 32.2. The highest BCUT2D eigenvalue weighted by molar-refractivity contribution is 7.91. The van der Waals surface area contributed by atoms with Gasteiger partial charge < -0.3 is 5.32 Å². The minimum Gasteiger partial charge on any atom is -0.374 e. The second kappa shape index (κ2) is 5.83. The number of nitrogens with zero attached hydrogens (tertiary/aromatic N) is 2. The molecule has 108 valence electrons. The van der Waals surface area contributed by atoms with Crippen molar-refractivity contribution in [3.63, 3.8) is 0 Å². The van der Waals surface area contributed by atoms with Crippen LogP contribution in [0, 0.1) is 10.1 Å². The molecule has 11 heteroatoms. The molecule has 0 aliphatic heterocycles. The van der Waals surface area contributed by atoms with Crippen molar-refractivity contribution >= 4 is 43.4 Å². The number of hydrogen-bond acceptors (Lipinski definition) is 8. The van der Waals surface area contributed by atoms with E-state index in [9.17, 15) is 18.5 Å². The molecule has 20 heavy (non-hydrogen) atoms. The van der Waals surface area contributed by atoms with Gasteiger partial charge >= 0.3 is 5.69 Å². The number of sulfonamides is 1. The van der Waals surface area contributed by atoms with Gasteiger partial charge in [-0.25, -0.2) is 13.1 Å². The monoisotopic (exact) mass is 334 g/mol. The van der Waals surface area contributed by atoms with Gasteiger partial charge in [0.2, 0.25) is 0 Å². The summed E-state index contributed by atoms with van der Waals surface area (Å²) in [5.74, 6) is 0. The molecule has 0 saturated heterocycles. The van der Waals surface area contributed by atoms with E-state index in [-0.39, 0.29) is 21.4 Å². The highest BCUT2D eigenvalue weighted by Crippen LogP contribution is 2.36. The lowest BCUT2D eigenvalue weighted by molar-refractivity contribution is -0.383. The Bertz CT molecular complexity index is 708. The molecule has 0 aromatic carbocycles. The number of nitro groups is 1.